The second kappa shape index (κ2) is 6.00. The molecule has 18 heavy (non-hydrogen) atoms. The number of hydrogen-bond donors (Lipinski definition) is 1. The molecule has 1 saturated heterocycles. The molecule has 0 bridgehead atoms. The van der Waals surface area contributed by atoms with Crippen molar-refractivity contribution >= 4 is 5.91 Å². The summed E-state index contributed by atoms with van der Waals surface area (Å²) in [5, 5.41) is 7.50. The van der Waals surface area contributed by atoms with Crippen molar-refractivity contribution in [1.29, 1.82) is 0 Å². The van der Waals surface area contributed by atoms with Crippen LogP contribution >= 0.6 is 0 Å². The van der Waals surface area contributed by atoms with Crippen molar-refractivity contribution in [2.75, 3.05) is 19.6 Å². The third-order valence-corrected chi connectivity index (χ3v) is 3.34. The standard InChI is InChI=1S/C13H22N4O/c1-3-14-12-5-4-6-16(13(12)18)7-8-17-10-11(2)9-15-17/h9-10,12,14H,3-8H2,1-2H3. The lowest BCUT2D eigenvalue weighted by Gasteiger charge is -2.32. The third kappa shape index (κ3) is 3.10. The van der Waals surface area contributed by atoms with Crippen LogP contribution in [0.2, 0.25) is 0 Å². The maximum atomic E-state index is 12.2. The number of aryl methyl sites for hydroxylation is 1. The van der Waals surface area contributed by atoms with Crippen LogP contribution in [0.25, 0.3) is 0 Å². The number of nitrogens with one attached hydrogen (secondary N) is 1. The van der Waals surface area contributed by atoms with Crippen molar-refractivity contribution < 1.29 is 4.79 Å². The van der Waals surface area contributed by atoms with Crippen molar-refractivity contribution in [2.45, 2.75) is 39.3 Å². The molecule has 5 heteroatoms. The molecule has 1 aromatic heterocycles. The molecule has 1 aliphatic heterocycles. The summed E-state index contributed by atoms with van der Waals surface area (Å²) in [7, 11) is 0. The number of nitrogens with zero attached hydrogens (tertiary/aromatic N) is 3. The second-order valence-electron chi connectivity index (χ2n) is 4.86. The maximum absolute atomic E-state index is 12.2. The quantitative estimate of drug-likeness (QED) is 0.840. The molecule has 0 radical (unpaired) electrons. The SMILES string of the molecule is CCNC1CCCN(CCn2cc(C)cn2)C1=O. The molecule has 1 amide bonds. The van der Waals surface area contributed by atoms with Crippen LogP contribution < -0.4 is 5.32 Å². The normalized spacial score (nSPS) is 20.4. The van der Waals surface area contributed by atoms with Crippen molar-refractivity contribution in [2.24, 2.45) is 0 Å². The van der Waals surface area contributed by atoms with Gasteiger partial charge in [-0.15, -0.1) is 0 Å². The minimum atomic E-state index is 0.0168. The molecule has 100 valence electrons. The summed E-state index contributed by atoms with van der Waals surface area (Å²) in [4.78, 5) is 14.1. The van der Waals surface area contributed by atoms with E-state index in [2.05, 4.69) is 10.4 Å². The van der Waals surface area contributed by atoms with Gasteiger partial charge in [0.2, 0.25) is 5.91 Å². The number of amides is 1. The Balaban J connectivity index is 1.86. The zero-order chi connectivity index (χ0) is 13.0. The first-order valence-corrected chi connectivity index (χ1v) is 6.72. The van der Waals surface area contributed by atoms with Crippen LogP contribution in [0.1, 0.15) is 25.3 Å². The summed E-state index contributed by atoms with van der Waals surface area (Å²) in [5.41, 5.74) is 1.16. The van der Waals surface area contributed by atoms with Gasteiger partial charge in [-0.2, -0.15) is 5.10 Å². The Labute approximate surface area is 108 Å². The molecule has 0 aliphatic carbocycles. The number of likely N-dealkylation sites (N-methyl/N-ethyl adjacent to an activating group) is 1. The number of carbonyl (C=O) groups excluding carboxylic acids is 1. The van der Waals surface area contributed by atoms with Gasteiger partial charge in [0.25, 0.3) is 0 Å². The average molecular weight is 250 g/mol. The summed E-state index contributed by atoms with van der Waals surface area (Å²) in [6, 6.07) is 0.0168. The molecule has 1 fully saturated rings. The molecule has 1 aliphatic rings. The molecule has 1 aromatic rings. The molecule has 0 aromatic carbocycles. The molecule has 1 N–H and O–H groups in total. The Hall–Kier alpha value is -1.36. The lowest BCUT2D eigenvalue weighted by atomic mass is 10.0. The lowest BCUT2D eigenvalue weighted by molar-refractivity contribution is -0.136. The zero-order valence-corrected chi connectivity index (χ0v) is 11.2. The number of likely N-dealkylation sites (tertiary alicyclic amines) is 1. The molecule has 1 atom stereocenters. The molecule has 0 saturated carbocycles. The van der Waals surface area contributed by atoms with E-state index >= 15 is 0 Å². The smallest absolute Gasteiger partial charge is 0.239 e. The van der Waals surface area contributed by atoms with E-state index in [-0.39, 0.29) is 11.9 Å². The molecular formula is C13H22N4O. The van der Waals surface area contributed by atoms with Gasteiger partial charge in [-0.3, -0.25) is 9.48 Å². The molecular weight excluding hydrogens is 228 g/mol. The first kappa shape index (κ1) is 13.1. The summed E-state index contributed by atoms with van der Waals surface area (Å²) >= 11 is 0. The predicted octanol–water partition coefficient (Wildman–Crippen LogP) is 0.792. The van der Waals surface area contributed by atoms with Gasteiger partial charge in [0.1, 0.15) is 0 Å². The Bertz CT molecular complexity index is 399. The molecule has 5 nitrogen and oxygen atoms in total. The highest BCUT2D eigenvalue weighted by Crippen LogP contribution is 2.11. The molecule has 0 spiro atoms. The Morgan fingerprint density at radius 3 is 3.00 bits per heavy atom. The second-order valence-corrected chi connectivity index (χ2v) is 4.86. The Kier molecular flexibility index (Phi) is 4.36. The molecule has 2 heterocycles. The first-order valence-electron chi connectivity index (χ1n) is 6.72. The average Bonchev–Trinajstić information content (AvgIpc) is 2.77. The Morgan fingerprint density at radius 1 is 1.50 bits per heavy atom. The van der Waals surface area contributed by atoms with E-state index in [0.29, 0.717) is 0 Å². The van der Waals surface area contributed by atoms with Gasteiger partial charge in [-0.1, -0.05) is 6.92 Å². The topological polar surface area (TPSA) is 50.2 Å². The molecule has 1 unspecified atom stereocenters. The van der Waals surface area contributed by atoms with Crippen LogP contribution in [0.4, 0.5) is 0 Å². The van der Waals surface area contributed by atoms with Crippen molar-refractivity contribution in [3.8, 4) is 0 Å². The van der Waals surface area contributed by atoms with Gasteiger partial charge in [0.05, 0.1) is 18.8 Å². The van der Waals surface area contributed by atoms with Crippen molar-refractivity contribution in [1.82, 2.24) is 20.0 Å². The van der Waals surface area contributed by atoms with E-state index in [4.69, 9.17) is 0 Å². The number of aromatic nitrogens is 2. The van der Waals surface area contributed by atoms with Crippen LogP contribution in [0, 0.1) is 6.92 Å². The van der Waals surface area contributed by atoms with Gasteiger partial charge >= 0.3 is 0 Å². The van der Waals surface area contributed by atoms with Crippen LogP contribution in [0.15, 0.2) is 12.4 Å². The van der Waals surface area contributed by atoms with E-state index in [0.717, 1.165) is 44.6 Å². The van der Waals surface area contributed by atoms with Gasteiger partial charge in [0.15, 0.2) is 0 Å². The summed E-state index contributed by atoms with van der Waals surface area (Å²) in [6.07, 6.45) is 5.90. The fourth-order valence-electron chi connectivity index (χ4n) is 2.41. The van der Waals surface area contributed by atoms with Crippen molar-refractivity contribution in [3.05, 3.63) is 18.0 Å². The highest BCUT2D eigenvalue weighted by Gasteiger charge is 2.27. The lowest BCUT2D eigenvalue weighted by Crippen LogP contribution is -2.51. The molecule has 2 rings (SSSR count). The first-order chi connectivity index (χ1) is 8.70. The van der Waals surface area contributed by atoms with E-state index < -0.39 is 0 Å². The highest BCUT2D eigenvalue weighted by atomic mass is 16.2. The number of hydrogen-bond acceptors (Lipinski definition) is 3. The van der Waals surface area contributed by atoms with Crippen LogP contribution in [0.5, 0.6) is 0 Å². The summed E-state index contributed by atoms with van der Waals surface area (Å²) < 4.78 is 1.90. The maximum Gasteiger partial charge on any atom is 0.239 e. The third-order valence-electron chi connectivity index (χ3n) is 3.34. The van der Waals surface area contributed by atoms with E-state index in [1.165, 1.54) is 0 Å². The number of carbonyl (C=O) groups is 1. The zero-order valence-electron chi connectivity index (χ0n) is 11.2. The number of piperidine rings is 1. The monoisotopic (exact) mass is 250 g/mol. The van der Waals surface area contributed by atoms with E-state index in [1.807, 2.05) is 35.8 Å². The van der Waals surface area contributed by atoms with E-state index in [9.17, 15) is 4.79 Å². The summed E-state index contributed by atoms with van der Waals surface area (Å²) in [5.74, 6) is 0.243. The van der Waals surface area contributed by atoms with Crippen LogP contribution in [-0.2, 0) is 11.3 Å². The fraction of sp³-hybridized carbons (Fsp3) is 0.692. The van der Waals surface area contributed by atoms with E-state index in [1.54, 1.807) is 0 Å². The minimum Gasteiger partial charge on any atom is -0.339 e. The fourth-order valence-corrected chi connectivity index (χ4v) is 2.41. The van der Waals surface area contributed by atoms with Crippen molar-refractivity contribution in [3.63, 3.8) is 0 Å². The highest BCUT2D eigenvalue weighted by molar-refractivity contribution is 5.82. The Morgan fingerprint density at radius 2 is 2.33 bits per heavy atom. The van der Waals surface area contributed by atoms with Gasteiger partial charge < -0.3 is 10.2 Å². The van der Waals surface area contributed by atoms with Crippen LogP contribution in [0.3, 0.4) is 0 Å². The summed E-state index contributed by atoms with van der Waals surface area (Å²) in [6.45, 7) is 7.32. The predicted molar refractivity (Wildman–Crippen MR) is 70.2 cm³/mol. The van der Waals surface area contributed by atoms with Gasteiger partial charge in [-0.25, -0.2) is 0 Å². The van der Waals surface area contributed by atoms with Crippen LogP contribution in [-0.4, -0.2) is 46.3 Å². The van der Waals surface area contributed by atoms with Gasteiger partial charge in [-0.05, 0) is 31.9 Å². The minimum absolute atomic E-state index is 0.0168. The van der Waals surface area contributed by atoms with Gasteiger partial charge in [0, 0.05) is 19.3 Å². The largest absolute Gasteiger partial charge is 0.339 e. The number of rotatable bonds is 5.